The zero-order valence-electron chi connectivity index (χ0n) is 12.9. The second-order valence-corrected chi connectivity index (χ2v) is 6.57. The SMILES string of the molecule is COc1c(OC2CCSCC2)cccc1-c1cc(N)n(C)n1. The van der Waals surface area contributed by atoms with E-state index in [0.717, 1.165) is 47.1 Å². The number of hydrogen-bond donors (Lipinski definition) is 1. The highest BCUT2D eigenvalue weighted by atomic mass is 32.2. The van der Waals surface area contributed by atoms with Gasteiger partial charge in [-0.1, -0.05) is 6.07 Å². The van der Waals surface area contributed by atoms with Gasteiger partial charge in [0.05, 0.1) is 12.8 Å². The standard InChI is InChI=1S/C16H21N3O2S/c1-19-15(17)10-13(18-19)12-4-3-5-14(16(12)20-2)21-11-6-8-22-9-7-11/h3-5,10-11H,6-9,17H2,1-2H3. The molecule has 22 heavy (non-hydrogen) atoms. The van der Waals surface area contributed by atoms with Crippen LogP contribution in [0.2, 0.25) is 0 Å². The lowest BCUT2D eigenvalue weighted by atomic mass is 10.1. The first-order chi connectivity index (χ1) is 10.7. The molecule has 0 amide bonds. The van der Waals surface area contributed by atoms with Crippen molar-refractivity contribution < 1.29 is 9.47 Å². The average molecular weight is 319 g/mol. The fraction of sp³-hybridized carbons (Fsp3) is 0.438. The molecule has 0 spiro atoms. The molecule has 1 aromatic heterocycles. The van der Waals surface area contributed by atoms with E-state index in [0.29, 0.717) is 5.82 Å². The van der Waals surface area contributed by atoms with Gasteiger partial charge in [-0.3, -0.25) is 4.68 Å². The van der Waals surface area contributed by atoms with Gasteiger partial charge in [-0.15, -0.1) is 0 Å². The highest BCUT2D eigenvalue weighted by Crippen LogP contribution is 2.39. The topological polar surface area (TPSA) is 62.3 Å². The fourth-order valence-corrected chi connectivity index (χ4v) is 3.67. The minimum absolute atomic E-state index is 0.263. The third-order valence-electron chi connectivity index (χ3n) is 3.84. The van der Waals surface area contributed by atoms with Crippen molar-refractivity contribution in [2.75, 3.05) is 24.3 Å². The van der Waals surface area contributed by atoms with Gasteiger partial charge >= 0.3 is 0 Å². The lowest BCUT2D eigenvalue weighted by Gasteiger charge is -2.24. The number of anilines is 1. The Morgan fingerprint density at radius 1 is 1.32 bits per heavy atom. The molecule has 1 aliphatic rings. The number of aryl methyl sites for hydroxylation is 1. The number of nitrogens with two attached hydrogens (primary N) is 1. The molecule has 3 rings (SSSR count). The Balaban J connectivity index is 1.92. The van der Waals surface area contributed by atoms with E-state index in [1.165, 1.54) is 0 Å². The van der Waals surface area contributed by atoms with Crippen LogP contribution in [0.1, 0.15) is 12.8 Å². The normalized spacial score (nSPS) is 15.7. The van der Waals surface area contributed by atoms with Crippen molar-refractivity contribution in [1.82, 2.24) is 9.78 Å². The number of nitrogen functional groups attached to an aromatic ring is 1. The molecule has 0 atom stereocenters. The molecule has 0 unspecified atom stereocenters. The number of aromatic nitrogens is 2. The van der Waals surface area contributed by atoms with Gasteiger partial charge in [0.25, 0.3) is 0 Å². The molecule has 2 aromatic rings. The van der Waals surface area contributed by atoms with Gasteiger partial charge in [-0.25, -0.2) is 0 Å². The maximum absolute atomic E-state index is 6.17. The number of benzene rings is 1. The minimum Gasteiger partial charge on any atom is -0.492 e. The molecule has 6 heteroatoms. The molecular weight excluding hydrogens is 298 g/mol. The van der Waals surface area contributed by atoms with Gasteiger partial charge < -0.3 is 15.2 Å². The van der Waals surface area contributed by atoms with Crippen molar-refractivity contribution in [3.8, 4) is 22.8 Å². The predicted octanol–water partition coefficient (Wildman–Crippen LogP) is 2.95. The Hall–Kier alpha value is -1.82. The van der Waals surface area contributed by atoms with E-state index in [1.54, 1.807) is 11.8 Å². The van der Waals surface area contributed by atoms with Crippen molar-refractivity contribution in [2.45, 2.75) is 18.9 Å². The Morgan fingerprint density at radius 3 is 2.73 bits per heavy atom. The third kappa shape index (κ3) is 3.02. The zero-order chi connectivity index (χ0) is 15.5. The van der Waals surface area contributed by atoms with Gasteiger partial charge in [-0.05, 0) is 36.5 Å². The van der Waals surface area contributed by atoms with E-state index in [9.17, 15) is 0 Å². The molecular formula is C16H21N3O2S. The van der Waals surface area contributed by atoms with Crippen LogP contribution in [0.15, 0.2) is 24.3 Å². The van der Waals surface area contributed by atoms with Crippen LogP contribution in [0.4, 0.5) is 5.82 Å². The van der Waals surface area contributed by atoms with Gasteiger partial charge in [0.1, 0.15) is 11.9 Å². The summed E-state index contributed by atoms with van der Waals surface area (Å²) in [6, 6.07) is 7.75. The van der Waals surface area contributed by atoms with Crippen molar-refractivity contribution in [3.05, 3.63) is 24.3 Å². The fourth-order valence-electron chi connectivity index (χ4n) is 2.61. The van der Waals surface area contributed by atoms with Crippen LogP contribution >= 0.6 is 11.8 Å². The number of rotatable bonds is 4. The average Bonchev–Trinajstić information content (AvgIpc) is 2.87. The van der Waals surface area contributed by atoms with E-state index in [-0.39, 0.29) is 6.10 Å². The first-order valence-corrected chi connectivity index (χ1v) is 8.56. The van der Waals surface area contributed by atoms with Crippen LogP contribution in [0.5, 0.6) is 11.5 Å². The summed E-state index contributed by atoms with van der Waals surface area (Å²) in [6.45, 7) is 0. The van der Waals surface area contributed by atoms with Crippen LogP contribution in [0, 0.1) is 0 Å². The van der Waals surface area contributed by atoms with Crippen molar-refractivity contribution >= 4 is 17.6 Å². The molecule has 2 N–H and O–H groups in total. The maximum atomic E-state index is 6.17. The Bertz CT molecular complexity index is 631. The summed E-state index contributed by atoms with van der Waals surface area (Å²) >= 11 is 1.99. The van der Waals surface area contributed by atoms with Crippen LogP contribution in [0.3, 0.4) is 0 Å². The molecule has 2 heterocycles. The van der Waals surface area contributed by atoms with E-state index in [4.69, 9.17) is 15.2 Å². The Kier molecular flexibility index (Phi) is 4.47. The van der Waals surface area contributed by atoms with Crippen LogP contribution in [0.25, 0.3) is 11.3 Å². The molecule has 0 bridgehead atoms. The summed E-state index contributed by atoms with van der Waals surface area (Å²) in [5.41, 5.74) is 7.58. The van der Waals surface area contributed by atoms with Crippen LogP contribution in [-0.4, -0.2) is 34.5 Å². The molecule has 0 aliphatic carbocycles. The first-order valence-electron chi connectivity index (χ1n) is 7.40. The summed E-state index contributed by atoms with van der Waals surface area (Å²) in [6.07, 6.45) is 2.42. The molecule has 1 aromatic carbocycles. The van der Waals surface area contributed by atoms with E-state index >= 15 is 0 Å². The maximum Gasteiger partial charge on any atom is 0.170 e. The quantitative estimate of drug-likeness (QED) is 0.939. The molecule has 0 saturated carbocycles. The van der Waals surface area contributed by atoms with Crippen LogP contribution < -0.4 is 15.2 Å². The summed E-state index contributed by atoms with van der Waals surface area (Å²) in [4.78, 5) is 0. The summed E-state index contributed by atoms with van der Waals surface area (Å²) in [5.74, 6) is 4.43. The van der Waals surface area contributed by atoms with Crippen molar-refractivity contribution in [3.63, 3.8) is 0 Å². The number of para-hydroxylation sites is 1. The highest BCUT2D eigenvalue weighted by molar-refractivity contribution is 7.99. The van der Waals surface area contributed by atoms with Crippen molar-refractivity contribution in [2.24, 2.45) is 7.05 Å². The Labute approximate surface area is 134 Å². The molecule has 1 saturated heterocycles. The summed E-state index contributed by atoms with van der Waals surface area (Å²) in [5, 5.41) is 4.43. The van der Waals surface area contributed by atoms with Gasteiger partial charge in [0, 0.05) is 18.7 Å². The largest absolute Gasteiger partial charge is 0.492 e. The molecule has 1 aliphatic heterocycles. The smallest absolute Gasteiger partial charge is 0.170 e. The summed E-state index contributed by atoms with van der Waals surface area (Å²) in [7, 11) is 3.49. The van der Waals surface area contributed by atoms with E-state index < -0.39 is 0 Å². The summed E-state index contributed by atoms with van der Waals surface area (Å²) < 4.78 is 13.4. The molecule has 118 valence electrons. The lowest BCUT2D eigenvalue weighted by Crippen LogP contribution is -2.22. The second-order valence-electron chi connectivity index (χ2n) is 5.34. The molecule has 0 radical (unpaired) electrons. The predicted molar refractivity (Wildman–Crippen MR) is 90.6 cm³/mol. The molecule has 5 nitrogen and oxygen atoms in total. The Morgan fingerprint density at radius 2 is 2.09 bits per heavy atom. The first kappa shape index (κ1) is 15.1. The third-order valence-corrected chi connectivity index (χ3v) is 4.89. The zero-order valence-corrected chi connectivity index (χ0v) is 13.7. The molecule has 1 fully saturated rings. The van der Waals surface area contributed by atoms with Crippen molar-refractivity contribution in [1.29, 1.82) is 0 Å². The van der Waals surface area contributed by atoms with Gasteiger partial charge in [-0.2, -0.15) is 16.9 Å². The van der Waals surface area contributed by atoms with Gasteiger partial charge in [0.2, 0.25) is 0 Å². The number of nitrogens with zero attached hydrogens (tertiary/aromatic N) is 2. The number of thioether (sulfide) groups is 1. The van der Waals surface area contributed by atoms with E-state index in [1.807, 2.05) is 43.1 Å². The van der Waals surface area contributed by atoms with E-state index in [2.05, 4.69) is 5.10 Å². The number of hydrogen-bond acceptors (Lipinski definition) is 5. The number of ether oxygens (including phenoxy) is 2. The lowest BCUT2D eigenvalue weighted by molar-refractivity contribution is 0.185. The monoisotopic (exact) mass is 319 g/mol. The highest BCUT2D eigenvalue weighted by Gasteiger charge is 2.20. The second kappa shape index (κ2) is 6.52. The number of methoxy groups -OCH3 is 1. The van der Waals surface area contributed by atoms with Gasteiger partial charge in [0.15, 0.2) is 11.5 Å². The minimum atomic E-state index is 0.263. The van der Waals surface area contributed by atoms with Crippen LogP contribution in [-0.2, 0) is 7.05 Å².